The molecule has 15 heavy (non-hydrogen) atoms. The van der Waals surface area contributed by atoms with Crippen molar-refractivity contribution in [3.8, 4) is 0 Å². The van der Waals surface area contributed by atoms with Gasteiger partial charge in [0.1, 0.15) is 0 Å². The van der Waals surface area contributed by atoms with Crippen LogP contribution in [-0.2, 0) is 0 Å². The molecule has 0 spiro atoms. The molecule has 1 nitrogen and oxygen atoms in total. The monoisotopic (exact) mass is 211 g/mol. The fourth-order valence-corrected chi connectivity index (χ4v) is 2.85. The van der Waals surface area contributed by atoms with Gasteiger partial charge >= 0.3 is 0 Å². The average molecular weight is 211 g/mol. The van der Waals surface area contributed by atoms with Crippen LogP contribution in [0, 0.1) is 11.8 Å². The predicted molar refractivity (Wildman–Crippen MR) is 68.1 cm³/mol. The third-order valence-electron chi connectivity index (χ3n) is 3.97. The van der Waals surface area contributed by atoms with Gasteiger partial charge in [0.15, 0.2) is 0 Å². The molecule has 2 atom stereocenters. The van der Waals surface area contributed by atoms with Gasteiger partial charge in [0, 0.05) is 13.1 Å². The van der Waals surface area contributed by atoms with Crippen molar-refractivity contribution in [2.45, 2.75) is 59.3 Å². The van der Waals surface area contributed by atoms with Crippen LogP contribution in [0.25, 0.3) is 0 Å². The van der Waals surface area contributed by atoms with Crippen LogP contribution in [0.2, 0.25) is 0 Å². The van der Waals surface area contributed by atoms with Gasteiger partial charge in [-0.25, -0.2) is 0 Å². The Morgan fingerprint density at radius 1 is 1.27 bits per heavy atom. The summed E-state index contributed by atoms with van der Waals surface area (Å²) in [7, 11) is 0. The summed E-state index contributed by atoms with van der Waals surface area (Å²) in [6.07, 6.45) is 8.41. The minimum Gasteiger partial charge on any atom is -0.303 e. The first kappa shape index (κ1) is 13.0. The molecule has 0 aliphatic carbocycles. The van der Waals surface area contributed by atoms with Gasteiger partial charge in [-0.3, -0.25) is 0 Å². The van der Waals surface area contributed by atoms with E-state index in [1.54, 1.807) is 0 Å². The molecule has 0 aromatic carbocycles. The Kier molecular flexibility index (Phi) is 6.31. The van der Waals surface area contributed by atoms with E-state index in [1.165, 1.54) is 58.2 Å². The van der Waals surface area contributed by atoms with E-state index in [0.717, 1.165) is 11.8 Å². The summed E-state index contributed by atoms with van der Waals surface area (Å²) < 4.78 is 0. The maximum atomic E-state index is 2.72. The molecular weight excluding hydrogens is 182 g/mol. The van der Waals surface area contributed by atoms with Gasteiger partial charge in [0.25, 0.3) is 0 Å². The van der Waals surface area contributed by atoms with Crippen molar-refractivity contribution in [1.29, 1.82) is 0 Å². The SMILES string of the molecule is CCCC(CC)CN1CCCC(CC)C1. The largest absolute Gasteiger partial charge is 0.303 e. The first-order valence-electron chi connectivity index (χ1n) is 7.02. The molecule has 1 saturated heterocycles. The van der Waals surface area contributed by atoms with Gasteiger partial charge in [-0.1, -0.05) is 40.0 Å². The highest BCUT2D eigenvalue weighted by Crippen LogP contribution is 2.21. The van der Waals surface area contributed by atoms with Crippen LogP contribution in [0.5, 0.6) is 0 Å². The fourth-order valence-electron chi connectivity index (χ4n) is 2.85. The Morgan fingerprint density at radius 3 is 2.67 bits per heavy atom. The van der Waals surface area contributed by atoms with E-state index in [9.17, 15) is 0 Å². The number of likely N-dealkylation sites (tertiary alicyclic amines) is 1. The van der Waals surface area contributed by atoms with Crippen LogP contribution >= 0.6 is 0 Å². The second-order valence-corrected chi connectivity index (χ2v) is 5.24. The predicted octanol–water partition coefficient (Wildman–Crippen LogP) is 3.93. The Labute approximate surface area is 96.2 Å². The molecule has 0 N–H and O–H groups in total. The van der Waals surface area contributed by atoms with Gasteiger partial charge < -0.3 is 4.90 Å². The smallest absolute Gasteiger partial charge is 0.000968 e. The van der Waals surface area contributed by atoms with E-state index in [4.69, 9.17) is 0 Å². The average Bonchev–Trinajstić information content (AvgIpc) is 2.29. The zero-order chi connectivity index (χ0) is 11.1. The van der Waals surface area contributed by atoms with Crippen LogP contribution in [0.1, 0.15) is 59.3 Å². The molecule has 2 unspecified atom stereocenters. The lowest BCUT2D eigenvalue weighted by atomic mass is 9.93. The summed E-state index contributed by atoms with van der Waals surface area (Å²) in [5, 5.41) is 0. The molecule has 0 saturated carbocycles. The second kappa shape index (κ2) is 7.27. The number of rotatable bonds is 6. The number of nitrogens with zero attached hydrogens (tertiary/aromatic N) is 1. The quantitative estimate of drug-likeness (QED) is 0.643. The molecular formula is C14H29N. The summed E-state index contributed by atoms with van der Waals surface area (Å²) in [6, 6.07) is 0. The summed E-state index contributed by atoms with van der Waals surface area (Å²) >= 11 is 0. The van der Waals surface area contributed by atoms with E-state index in [-0.39, 0.29) is 0 Å². The highest BCUT2D eigenvalue weighted by molar-refractivity contribution is 4.74. The van der Waals surface area contributed by atoms with Crippen molar-refractivity contribution in [3.05, 3.63) is 0 Å². The number of hydrogen-bond donors (Lipinski definition) is 0. The van der Waals surface area contributed by atoms with Crippen molar-refractivity contribution in [2.75, 3.05) is 19.6 Å². The third-order valence-corrected chi connectivity index (χ3v) is 3.97. The summed E-state index contributed by atoms with van der Waals surface area (Å²) in [5.74, 6) is 1.93. The van der Waals surface area contributed by atoms with Crippen molar-refractivity contribution in [2.24, 2.45) is 11.8 Å². The van der Waals surface area contributed by atoms with E-state index >= 15 is 0 Å². The molecule has 0 aromatic heterocycles. The van der Waals surface area contributed by atoms with E-state index in [0.29, 0.717) is 0 Å². The number of hydrogen-bond acceptors (Lipinski definition) is 1. The van der Waals surface area contributed by atoms with Crippen molar-refractivity contribution < 1.29 is 0 Å². The molecule has 0 amide bonds. The molecule has 1 fully saturated rings. The zero-order valence-electron chi connectivity index (χ0n) is 11.0. The van der Waals surface area contributed by atoms with Crippen LogP contribution in [0.4, 0.5) is 0 Å². The van der Waals surface area contributed by atoms with Crippen LogP contribution < -0.4 is 0 Å². The van der Waals surface area contributed by atoms with Crippen molar-refractivity contribution >= 4 is 0 Å². The van der Waals surface area contributed by atoms with Gasteiger partial charge in [0.2, 0.25) is 0 Å². The summed E-state index contributed by atoms with van der Waals surface area (Å²) in [4.78, 5) is 2.72. The Bertz CT molecular complexity index is 155. The molecule has 0 bridgehead atoms. The maximum Gasteiger partial charge on any atom is 0.000968 e. The highest BCUT2D eigenvalue weighted by atomic mass is 15.1. The lowest BCUT2D eigenvalue weighted by Gasteiger charge is -2.34. The molecule has 1 aliphatic rings. The lowest BCUT2D eigenvalue weighted by Crippen LogP contribution is -2.38. The molecule has 1 heterocycles. The van der Waals surface area contributed by atoms with Crippen LogP contribution in [0.15, 0.2) is 0 Å². The Morgan fingerprint density at radius 2 is 2.07 bits per heavy atom. The van der Waals surface area contributed by atoms with Crippen LogP contribution in [-0.4, -0.2) is 24.5 Å². The topological polar surface area (TPSA) is 3.24 Å². The Balaban J connectivity index is 2.29. The van der Waals surface area contributed by atoms with Gasteiger partial charge in [-0.15, -0.1) is 0 Å². The highest BCUT2D eigenvalue weighted by Gasteiger charge is 2.20. The molecule has 1 aliphatic heterocycles. The number of piperidine rings is 1. The van der Waals surface area contributed by atoms with Gasteiger partial charge in [-0.05, 0) is 37.6 Å². The van der Waals surface area contributed by atoms with Crippen molar-refractivity contribution in [1.82, 2.24) is 4.90 Å². The molecule has 0 aromatic rings. The molecule has 0 radical (unpaired) electrons. The second-order valence-electron chi connectivity index (χ2n) is 5.24. The van der Waals surface area contributed by atoms with E-state index in [2.05, 4.69) is 25.7 Å². The van der Waals surface area contributed by atoms with Gasteiger partial charge in [-0.2, -0.15) is 0 Å². The minimum absolute atomic E-state index is 0.950. The maximum absolute atomic E-state index is 2.72. The summed E-state index contributed by atoms with van der Waals surface area (Å²) in [5.41, 5.74) is 0. The van der Waals surface area contributed by atoms with Gasteiger partial charge in [0.05, 0.1) is 0 Å². The molecule has 1 heteroatoms. The van der Waals surface area contributed by atoms with Crippen LogP contribution in [0.3, 0.4) is 0 Å². The summed E-state index contributed by atoms with van der Waals surface area (Å²) in [6.45, 7) is 11.1. The van der Waals surface area contributed by atoms with E-state index < -0.39 is 0 Å². The minimum atomic E-state index is 0.950. The molecule has 1 rings (SSSR count). The van der Waals surface area contributed by atoms with E-state index in [1.807, 2.05) is 0 Å². The fraction of sp³-hybridized carbons (Fsp3) is 1.00. The third kappa shape index (κ3) is 4.55. The standard InChI is InChI=1S/C14H29N/c1-4-8-13(5-2)11-15-10-7-9-14(6-3)12-15/h13-14H,4-12H2,1-3H3. The van der Waals surface area contributed by atoms with Crippen molar-refractivity contribution in [3.63, 3.8) is 0 Å². The zero-order valence-corrected chi connectivity index (χ0v) is 11.0. The normalized spacial score (nSPS) is 25.4. The Hall–Kier alpha value is -0.0400. The lowest BCUT2D eigenvalue weighted by molar-refractivity contribution is 0.144. The first-order chi connectivity index (χ1) is 7.30. The first-order valence-corrected chi connectivity index (χ1v) is 7.02. The molecule has 90 valence electrons.